The molecule has 1 aliphatic carbocycles. The smallest absolute Gasteiger partial charge is 0.243 e. The predicted octanol–water partition coefficient (Wildman–Crippen LogP) is 0.498. The van der Waals surface area contributed by atoms with E-state index in [1.807, 2.05) is 24.3 Å². The molecule has 0 unspecified atom stereocenters. The van der Waals surface area contributed by atoms with Gasteiger partial charge in [0.1, 0.15) is 16.3 Å². The van der Waals surface area contributed by atoms with Crippen LogP contribution in [0.2, 0.25) is 0 Å². The normalized spacial score (nSPS) is 17.0. The number of hydrogen-bond donors (Lipinski definition) is 3. The highest BCUT2D eigenvalue weighted by Gasteiger charge is 2.28. The van der Waals surface area contributed by atoms with Crippen molar-refractivity contribution in [1.82, 2.24) is 19.3 Å². The first-order valence-electron chi connectivity index (χ1n) is 9.12. The van der Waals surface area contributed by atoms with Crippen LogP contribution in [0.5, 0.6) is 0 Å². The average molecular weight is 441 g/mol. The fourth-order valence-corrected chi connectivity index (χ4v) is 5.77. The number of carbonyl (C=O) groups is 1. The molecule has 1 aromatic carbocycles. The van der Waals surface area contributed by atoms with Crippen LogP contribution in [0.25, 0.3) is 0 Å². The summed E-state index contributed by atoms with van der Waals surface area (Å²) in [6.07, 6.45) is 5.03. The Bertz CT molecular complexity index is 1070. The highest BCUT2D eigenvalue weighted by atomic mass is 32.2. The van der Waals surface area contributed by atoms with Crippen LogP contribution >= 0.6 is 0 Å². The maximum atomic E-state index is 12.6. The average Bonchev–Trinajstić information content (AvgIpc) is 3.14. The molecule has 0 aliphatic heterocycles. The van der Waals surface area contributed by atoms with Crippen molar-refractivity contribution in [3.8, 4) is 0 Å². The van der Waals surface area contributed by atoms with Crippen LogP contribution < -0.4 is 14.8 Å². The third-order valence-corrected chi connectivity index (χ3v) is 7.97. The van der Waals surface area contributed by atoms with Crippen LogP contribution in [-0.2, 0) is 37.8 Å². The van der Waals surface area contributed by atoms with Gasteiger partial charge in [0.2, 0.25) is 26.0 Å². The number of nitrogens with one attached hydrogen (secondary N) is 3. The monoisotopic (exact) mass is 440 g/mol. The molecule has 2 aromatic rings. The van der Waals surface area contributed by atoms with Crippen LogP contribution in [0, 0.1) is 0 Å². The van der Waals surface area contributed by atoms with Gasteiger partial charge in [-0.2, -0.15) is 0 Å². The van der Waals surface area contributed by atoms with Gasteiger partial charge in [0.15, 0.2) is 0 Å². The molecule has 1 aromatic heterocycles. The number of nitrogens with zero attached hydrogens (tertiary/aromatic N) is 1. The highest BCUT2D eigenvalue weighted by molar-refractivity contribution is 7.92. The number of fused-ring (bicyclic) bond motifs is 1. The Hall–Kier alpha value is -2.21. The Morgan fingerprint density at radius 3 is 2.21 bits per heavy atom. The van der Waals surface area contributed by atoms with Crippen LogP contribution in [-0.4, -0.2) is 41.4 Å². The SMILES string of the molecule is CNS(=O)(=O)c1cn(CC(=O)N[C@H]2CCCc3ccccc32)cc1S(=O)(=O)NC. The molecule has 0 saturated heterocycles. The van der Waals surface area contributed by atoms with E-state index in [-0.39, 0.29) is 18.5 Å². The maximum Gasteiger partial charge on any atom is 0.243 e. The van der Waals surface area contributed by atoms with Crippen LogP contribution in [0.1, 0.15) is 30.0 Å². The van der Waals surface area contributed by atoms with Gasteiger partial charge in [-0.1, -0.05) is 24.3 Å². The summed E-state index contributed by atoms with van der Waals surface area (Å²) in [6, 6.07) is 7.81. The molecule has 9 nitrogen and oxygen atoms in total. The Labute approximate surface area is 170 Å². The molecule has 158 valence electrons. The number of hydrogen-bond acceptors (Lipinski definition) is 5. The fourth-order valence-electron chi connectivity index (χ4n) is 3.49. The molecule has 11 heteroatoms. The minimum absolute atomic E-state index is 0.121. The molecule has 0 fully saturated rings. The van der Waals surface area contributed by atoms with Crippen LogP contribution in [0.4, 0.5) is 0 Å². The van der Waals surface area contributed by atoms with E-state index in [0.717, 1.165) is 37.2 Å². The molecule has 0 radical (unpaired) electrons. The summed E-state index contributed by atoms with van der Waals surface area (Å²) in [6.45, 7) is -0.204. The molecule has 1 amide bonds. The Morgan fingerprint density at radius 2 is 1.62 bits per heavy atom. The number of carbonyl (C=O) groups excluding carboxylic acids is 1. The quantitative estimate of drug-likeness (QED) is 0.578. The van der Waals surface area contributed by atoms with Crippen LogP contribution in [0.3, 0.4) is 0 Å². The van der Waals surface area contributed by atoms with Crippen molar-refractivity contribution >= 4 is 26.0 Å². The lowest BCUT2D eigenvalue weighted by molar-refractivity contribution is -0.122. The van der Waals surface area contributed by atoms with E-state index in [1.165, 1.54) is 24.2 Å². The van der Waals surface area contributed by atoms with Crippen molar-refractivity contribution in [2.75, 3.05) is 14.1 Å². The van der Waals surface area contributed by atoms with E-state index in [4.69, 9.17) is 0 Å². The molecule has 0 spiro atoms. The number of rotatable bonds is 7. The van der Waals surface area contributed by atoms with E-state index < -0.39 is 29.8 Å². The summed E-state index contributed by atoms with van der Waals surface area (Å²) in [7, 11) is -5.67. The van der Waals surface area contributed by atoms with Crippen molar-refractivity contribution in [3.63, 3.8) is 0 Å². The second kappa shape index (κ2) is 8.27. The van der Waals surface area contributed by atoms with Gasteiger partial charge in [-0.15, -0.1) is 0 Å². The minimum Gasteiger partial charge on any atom is -0.348 e. The zero-order chi connectivity index (χ0) is 21.2. The van der Waals surface area contributed by atoms with Gasteiger partial charge in [0.25, 0.3) is 0 Å². The third-order valence-electron chi connectivity index (χ3n) is 4.96. The second-order valence-corrected chi connectivity index (χ2v) is 10.5. The van der Waals surface area contributed by atoms with Gasteiger partial charge in [-0.3, -0.25) is 4.79 Å². The van der Waals surface area contributed by atoms with Gasteiger partial charge >= 0.3 is 0 Å². The molecule has 3 N–H and O–H groups in total. The molecule has 3 rings (SSSR count). The summed E-state index contributed by atoms with van der Waals surface area (Å²) in [5.74, 6) is -0.330. The summed E-state index contributed by atoms with van der Waals surface area (Å²) in [5.41, 5.74) is 2.28. The van der Waals surface area contributed by atoms with E-state index in [9.17, 15) is 21.6 Å². The van der Waals surface area contributed by atoms with Crippen molar-refractivity contribution in [3.05, 3.63) is 47.8 Å². The molecular weight excluding hydrogens is 416 g/mol. The molecule has 29 heavy (non-hydrogen) atoms. The van der Waals surface area contributed by atoms with Gasteiger partial charge in [0, 0.05) is 12.4 Å². The summed E-state index contributed by atoms with van der Waals surface area (Å²) < 4.78 is 54.4. The van der Waals surface area contributed by atoms with Gasteiger partial charge in [-0.05, 0) is 44.5 Å². The maximum absolute atomic E-state index is 12.6. The topological polar surface area (TPSA) is 126 Å². The number of benzene rings is 1. The standard InChI is InChI=1S/C18H24N4O5S2/c1-19-28(24,25)16-10-22(11-17(16)29(26,27)20-2)12-18(23)21-15-9-5-7-13-6-3-4-8-14(13)15/h3-4,6,8,10-11,15,19-20H,5,7,9,12H2,1-2H3,(H,21,23)/t15-/m0/s1. The fraction of sp³-hybridized carbons (Fsp3) is 0.389. The van der Waals surface area contributed by atoms with Gasteiger partial charge < -0.3 is 9.88 Å². The first-order valence-corrected chi connectivity index (χ1v) is 12.1. The number of aryl methyl sites for hydroxylation is 1. The van der Waals surface area contributed by atoms with E-state index in [0.29, 0.717) is 0 Å². The number of amides is 1. The van der Waals surface area contributed by atoms with Crippen molar-refractivity contribution in [2.45, 2.75) is 41.6 Å². The van der Waals surface area contributed by atoms with E-state index in [2.05, 4.69) is 14.8 Å². The van der Waals surface area contributed by atoms with E-state index >= 15 is 0 Å². The lowest BCUT2D eigenvalue weighted by Gasteiger charge is -2.26. The molecule has 1 aliphatic rings. The Kier molecular flexibility index (Phi) is 6.13. The molecule has 1 atom stereocenters. The Balaban J connectivity index is 1.84. The third kappa shape index (κ3) is 4.53. The van der Waals surface area contributed by atoms with Crippen molar-refractivity contribution < 1.29 is 21.6 Å². The zero-order valence-corrected chi connectivity index (χ0v) is 17.8. The van der Waals surface area contributed by atoms with Crippen molar-refractivity contribution in [2.24, 2.45) is 0 Å². The van der Waals surface area contributed by atoms with Gasteiger partial charge in [-0.25, -0.2) is 26.3 Å². The molecule has 0 saturated carbocycles. The summed E-state index contributed by atoms with van der Waals surface area (Å²) >= 11 is 0. The lowest BCUT2D eigenvalue weighted by atomic mass is 9.88. The van der Waals surface area contributed by atoms with Crippen LogP contribution in [0.15, 0.2) is 46.5 Å². The highest BCUT2D eigenvalue weighted by Crippen LogP contribution is 2.29. The zero-order valence-electron chi connectivity index (χ0n) is 16.2. The predicted molar refractivity (Wildman–Crippen MR) is 107 cm³/mol. The van der Waals surface area contributed by atoms with E-state index in [1.54, 1.807) is 0 Å². The molecule has 0 bridgehead atoms. The van der Waals surface area contributed by atoms with Crippen molar-refractivity contribution in [1.29, 1.82) is 0 Å². The second-order valence-electron chi connectivity index (χ2n) is 6.79. The Morgan fingerprint density at radius 1 is 1.03 bits per heavy atom. The molecule has 1 heterocycles. The number of aromatic nitrogens is 1. The summed E-state index contributed by atoms with van der Waals surface area (Å²) in [5, 5.41) is 2.97. The first-order chi connectivity index (χ1) is 13.7. The molecular formula is C18H24N4O5S2. The summed E-state index contributed by atoms with van der Waals surface area (Å²) in [4.78, 5) is 11.8. The largest absolute Gasteiger partial charge is 0.348 e. The lowest BCUT2D eigenvalue weighted by Crippen LogP contribution is -2.33. The minimum atomic E-state index is -4.03. The number of sulfonamides is 2. The van der Waals surface area contributed by atoms with Gasteiger partial charge in [0.05, 0.1) is 6.04 Å². The first kappa shape index (κ1) is 21.5.